The molecule has 1 spiro atoms. The Hall–Kier alpha value is -2.16. The first-order valence-corrected chi connectivity index (χ1v) is 9.12. The fraction of sp³-hybridized carbons (Fsp3) is 0.579. The second-order valence-electron chi connectivity index (χ2n) is 8.34. The average Bonchev–Trinajstić information content (AvgIpc) is 3.19. The number of fused-ring (bicyclic) bond motifs is 2. The van der Waals surface area contributed by atoms with Crippen LogP contribution in [-0.2, 0) is 16.4 Å². The average molecular weight is 400 g/mol. The van der Waals surface area contributed by atoms with E-state index in [0.29, 0.717) is 12.8 Å². The van der Waals surface area contributed by atoms with Gasteiger partial charge in [-0.15, -0.1) is 0 Å². The van der Waals surface area contributed by atoms with Crippen molar-refractivity contribution < 1.29 is 32.3 Å². The lowest BCUT2D eigenvalue weighted by Crippen LogP contribution is -2.59. The molecule has 2 amide bonds. The van der Waals surface area contributed by atoms with Gasteiger partial charge in [-0.3, -0.25) is 9.59 Å². The Balaban J connectivity index is 1.57. The Morgan fingerprint density at radius 1 is 1.32 bits per heavy atom. The van der Waals surface area contributed by atoms with E-state index in [0.717, 1.165) is 23.1 Å². The lowest BCUT2D eigenvalue weighted by atomic mass is 9.78. The van der Waals surface area contributed by atoms with Crippen molar-refractivity contribution >= 4 is 11.8 Å². The SMILES string of the molecule is CC1CC(O)(NC(=O)CN2C[C@@]3(C[C@@H]3F)c3cc(C(F)(F)F)ccc3C2=O)C1. The third-order valence-corrected chi connectivity index (χ3v) is 5.94. The largest absolute Gasteiger partial charge is 0.416 e. The van der Waals surface area contributed by atoms with E-state index in [9.17, 15) is 32.3 Å². The summed E-state index contributed by atoms with van der Waals surface area (Å²) in [5, 5.41) is 12.6. The van der Waals surface area contributed by atoms with Crippen LogP contribution in [0.25, 0.3) is 0 Å². The zero-order chi connectivity index (χ0) is 20.5. The highest BCUT2D eigenvalue weighted by atomic mass is 19.4. The molecule has 2 atom stereocenters. The summed E-state index contributed by atoms with van der Waals surface area (Å²) >= 11 is 0. The smallest absolute Gasteiger partial charge is 0.371 e. The number of nitrogens with one attached hydrogen (secondary N) is 1. The lowest BCUT2D eigenvalue weighted by Gasteiger charge is -2.43. The predicted octanol–water partition coefficient (Wildman–Crippen LogP) is 2.38. The highest BCUT2D eigenvalue weighted by Crippen LogP contribution is 2.55. The molecule has 4 rings (SSSR count). The summed E-state index contributed by atoms with van der Waals surface area (Å²) in [6.07, 6.45) is -5.14. The number of halogens is 4. The Labute approximate surface area is 158 Å². The summed E-state index contributed by atoms with van der Waals surface area (Å²) in [6, 6.07) is 2.70. The fourth-order valence-corrected chi connectivity index (χ4v) is 4.49. The van der Waals surface area contributed by atoms with Crippen molar-refractivity contribution in [3.8, 4) is 0 Å². The number of aliphatic hydroxyl groups is 1. The summed E-state index contributed by atoms with van der Waals surface area (Å²) < 4.78 is 53.3. The lowest BCUT2D eigenvalue weighted by molar-refractivity contribution is -0.141. The summed E-state index contributed by atoms with van der Waals surface area (Å²) in [5.41, 5.74) is -3.38. The number of carbonyl (C=O) groups is 2. The number of hydrogen-bond acceptors (Lipinski definition) is 3. The van der Waals surface area contributed by atoms with E-state index in [1.807, 2.05) is 6.92 Å². The maximum absolute atomic E-state index is 14.2. The third-order valence-electron chi connectivity index (χ3n) is 5.94. The molecule has 1 heterocycles. The maximum Gasteiger partial charge on any atom is 0.416 e. The van der Waals surface area contributed by atoms with Gasteiger partial charge in [0.1, 0.15) is 11.9 Å². The minimum Gasteiger partial charge on any atom is -0.371 e. The van der Waals surface area contributed by atoms with Gasteiger partial charge >= 0.3 is 6.18 Å². The number of amides is 2. The Bertz CT molecular complexity index is 850. The highest BCUT2D eigenvalue weighted by molar-refractivity contribution is 6.00. The molecule has 5 nitrogen and oxygen atoms in total. The molecule has 9 heteroatoms. The van der Waals surface area contributed by atoms with Gasteiger partial charge in [-0.05, 0) is 48.9 Å². The fourth-order valence-electron chi connectivity index (χ4n) is 4.49. The van der Waals surface area contributed by atoms with Gasteiger partial charge in [-0.1, -0.05) is 6.92 Å². The molecule has 28 heavy (non-hydrogen) atoms. The van der Waals surface area contributed by atoms with E-state index >= 15 is 0 Å². The monoisotopic (exact) mass is 400 g/mol. The van der Waals surface area contributed by atoms with Crippen molar-refractivity contribution in [1.29, 1.82) is 0 Å². The molecule has 0 aromatic heterocycles. The Morgan fingerprint density at radius 2 is 1.96 bits per heavy atom. The normalized spacial score (nSPS) is 34.1. The van der Waals surface area contributed by atoms with Crippen molar-refractivity contribution in [2.75, 3.05) is 13.1 Å². The molecule has 2 N–H and O–H groups in total. The minimum atomic E-state index is -4.59. The summed E-state index contributed by atoms with van der Waals surface area (Å²) in [5.74, 6) is -0.916. The van der Waals surface area contributed by atoms with Crippen molar-refractivity contribution in [1.82, 2.24) is 10.2 Å². The molecule has 1 aromatic rings. The van der Waals surface area contributed by atoms with Gasteiger partial charge < -0.3 is 15.3 Å². The van der Waals surface area contributed by atoms with Gasteiger partial charge in [-0.2, -0.15) is 13.2 Å². The Morgan fingerprint density at radius 3 is 2.50 bits per heavy atom. The van der Waals surface area contributed by atoms with Gasteiger partial charge in [0.2, 0.25) is 5.91 Å². The summed E-state index contributed by atoms with van der Waals surface area (Å²) in [4.78, 5) is 26.1. The molecule has 2 aliphatic carbocycles. The molecule has 3 aliphatic rings. The Kier molecular flexibility index (Phi) is 4.05. The molecule has 152 valence electrons. The summed E-state index contributed by atoms with van der Waals surface area (Å²) in [7, 11) is 0. The number of carbonyl (C=O) groups excluding carboxylic acids is 2. The second-order valence-corrected chi connectivity index (χ2v) is 8.34. The number of hydrogen-bond donors (Lipinski definition) is 2. The molecule has 2 fully saturated rings. The zero-order valence-electron chi connectivity index (χ0n) is 15.1. The number of nitrogens with zero attached hydrogens (tertiary/aromatic N) is 1. The molecule has 2 saturated carbocycles. The van der Waals surface area contributed by atoms with Crippen molar-refractivity contribution in [3.05, 3.63) is 34.9 Å². The van der Waals surface area contributed by atoms with Gasteiger partial charge in [0.25, 0.3) is 5.91 Å². The van der Waals surface area contributed by atoms with Crippen molar-refractivity contribution in [2.24, 2.45) is 5.92 Å². The molecule has 0 radical (unpaired) electrons. The van der Waals surface area contributed by atoms with Gasteiger partial charge in [-0.25, -0.2) is 4.39 Å². The molecular formula is C19H20F4N2O3. The van der Waals surface area contributed by atoms with Crippen LogP contribution in [0, 0.1) is 5.92 Å². The van der Waals surface area contributed by atoms with E-state index < -0.39 is 40.9 Å². The van der Waals surface area contributed by atoms with Crippen molar-refractivity contribution in [2.45, 2.75) is 49.7 Å². The topological polar surface area (TPSA) is 69.6 Å². The van der Waals surface area contributed by atoms with Crippen LogP contribution in [0.5, 0.6) is 0 Å². The quantitative estimate of drug-likeness (QED) is 0.605. The van der Waals surface area contributed by atoms with Gasteiger partial charge in [0, 0.05) is 17.5 Å². The van der Waals surface area contributed by atoms with E-state index in [1.165, 1.54) is 0 Å². The molecule has 0 bridgehead atoms. The molecule has 0 saturated heterocycles. The van der Waals surface area contributed by atoms with E-state index in [4.69, 9.17) is 0 Å². The van der Waals surface area contributed by atoms with Crippen LogP contribution in [0.15, 0.2) is 18.2 Å². The summed E-state index contributed by atoms with van der Waals surface area (Å²) in [6.45, 7) is 1.38. The maximum atomic E-state index is 14.2. The first-order valence-electron chi connectivity index (χ1n) is 9.12. The van der Waals surface area contributed by atoms with Crippen LogP contribution < -0.4 is 5.32 Å². The van der Waals surface area contributed by atoms with E-state index in [1.54, 1.807) is 0 Å². The predicted molar refractivity (Wildman–Crippen MR) is 90.0 cm³/mol. The second kappa shape index (κ2) is 5.92. The van der Waals surface area contributed by atoms with Crippen molar-refractivity contribution in [3.63, 3.8) is 0 Å². The minimum absolute atomic E-state index is 0.00810. The first kappa shape index (κ1) is 19.2. The van der Waals surface area contributed by atoms with E-state index in [2.05, 4.69) is 5.32 Å². The van der Waals surface area contributed by atoms with E-state index in [-0.39, 0.29) is 36.6 Å². The van der Waals surface area contributed by atoms with Gasteiger partial charge in [0.05, 0.1) is 12.1 Å². The van der Waals surface area contributed by atoms with Crippen LogP contribution in [0.2, 0.25) is 0 Å². The first-order chi connectivity index (χ1) is 12.9. The standard InChI is InChI=1S/C19H20F4N2O3/c1-10-5-18(28,6-10)24-15(26)8-25-9-17(7-14(17)20)13-4-11(19(21,22)23)2-3-12(13)16(25)27/h2-4,10,14,28H,5-9H2,1H3,(H,24,26)/t10?,14-,17-,18?/m0/s1. The van der Waals surface area contributed by atoms with Crippen LogP contribution >= 0.6 is 0 Å². The third kappa shape index (κ3) is 3.05. The molecule has 1 aliphatic heterocycles. The van der Waals surface area contributed by atoms with Crippen LogP contribution in [0.3, 0.4) is 0 Å². The molecule has 0 unspecified atom stereocenters. The molecular weight excluding hydrogens is 380 g/mol. The number of benzene rings is 1. The number of rotatable bonds is 3. The number of alkyl halides is 4. The van der Waals surface area contributed by atoms with Crippen LogP contribution in [0.1, 0.15) is 47.7 Å². The van der Waals surface area contributed by atoms with Gasteiger partial charge in [0.15, 0.2) is 0 Å². The van der Waals surface area contributed by atoms with Crippen LogP contribution in [0.4, 0.5) is 17.6 Å². The van der Waals surface area contributed by atoms with Crippen LogP contribution in [-0.4, -0.2) is 46.8 Å². The molecule has 1 aromatic carbocycles. The zero-order valence-corrected chi connectivity index (χ0v) is 15.1. The highest BCUT2D eigenvalue weighted by Gasteiger charge is 2.61.